The van der Waals surface area contributed by atoms with E-state index in [1.807, 2.05) is 0 Å². The summed E-state index contributed by atoms with van der Waals surface area (Å²) in [5.41, 5.74) is 6.38. The highest BCUT2D eigenvalue weighted by molar-refractivity contribution is 8.01. The van der Waals surface area contributed by atoms with Gasteiger partial charge in [0, 0.05) is 11.5 Å². The number of amides is 1. The molecule has 1 fully saturated rings. The molecule has 0 saturated carbocycles. The summed E-state index contributed by atoms with van der Waals surface area (Å²) in [7, 11) is 0. The van der Waals surface area contributed by atoms with Gasteiger partial charge >= 0.3 is 5.97 Å². The highest BCUT2D eigenvalue weighted by Crippen LogP contribution is 2.41. The molecule has 130 valence electrons. The zero-order valence-electron chi connectivity index (χ0n) is 13.6. The summed E-state index contributed by atoms with van der Waals surface area (Å²) < 4.78 is 10.7. The largest absolute Gasteiger partial charge is 0.455 e. The molecule has 0 bridgehead atoms. The van der Waals surface area contributed by atoms with E-state index in [9.17, 15) is 9.59 Å². The predicted molar refractivity (Wildman–Crippen MR) is 91.2 cm³/mol. The molecule has 0 aromatic carbocycles. The Labute approximate surface area is 148 Å². The molecule has 2 aliphatic rings. The maximum absolute atomic E-state index is 12.7. The molecule has 0 aliphatic carbocycles. The Bertz CT molecular complexity index is 681. The van der Waals surface area contributed by atoms with Crippen LogP contribution in [-0.4, -0.2) is 50.3 Å². The molecule has 1 unspecified atom stereocenters. The number of hydrogen-bond acceptors (Lipinski definition) is 8. The molecule has 0 spiro atoms. The van der Waals surface area contributed by atoms with E-state index in [1.54, 1.807) is 38.7 Å². The average Bonchev–Trinajstić information content (AvgIpc) is 3.02. The smallest absolute Gasteiger partial charge is 0.355 e. The molecule has 3 heterocycles. The van der Waals surface area contributed by atoms with Gasteiger partial charge in [-0.25, -0.2) is 9.78 Å². The highest BCUT2D eigenvalue weighted by atomic mass is 32.2. The van der Waals surface area contributed by atoms with Crippen LogP contribution in [-0.2, 0) is 14.3 Å². The lowest BCUT2D eigenvalue weighted by Crippen LogP contribution is -2.68. The molecule has 1 saturated heterocycles. The molecule has 3 rings (SSSR count). The number of rotatable bonds is 4. The molecular formula is C15H19N3O4S2. The highest BCUT2D eigenvalue weighted by Gasteiger charge is 2.52. The van der Waals surface area contributed by atoms with Crippen LogP contribution in [0, 0.1) is 0 Å². The lowest BCUT2D eigenvalue weighted by molar-refractivity contribution is -0.157. The van der Waals surface area contributed by atoms with Gasteiger partial charge in [-0.1, -0.05) is 11.8 Å². The van der Waals surface area contributed by atoms with E-state index in [0.717, 1.165) is 5.57 Å². The van der Waals surface area contributed by atoms with Crippen LogP contribution < -0.4 is 5.73 Å². The molecule has 7 nitrogen and oxygen atoms in total. The van der Waals surface area contributed by atoms with Crippen molar-refractivity contribution in [1.82, 2.24) is 9.88 Å². The van der Waals surface area contributed by atoms with Gasteiger partial charge in [0.2, 0.25) is 5.91 Å². The summed E-state index contributed by atoms with van der Waals surface area (Å²) in [5, 5.41) is 0.462. The number of nitrogens with zero attached hydrogens (tertiary/aromatic N) is 2. The van der Waals surface area contributed by atoms with E-state index < -0.39 is 17.6 Å². The van der Waals surface area contributed by atoms with Gasteiger partial charge in [-0.05, 0) is 26.3 Å². The second-order valence-corrected chi connectivity index (χ2v) is 8.58. The van der Waals surface area contributed by atoms with Crippen LogP contribution in [0.3, 0.4) is 0 Å². The van der Waals surface area contributed by atoms with Crippen molar-refractivity contribution >= 4 is 35.4 Å². The van der Waals surface area contributed by atoms with E-state index in [0.29, 0.717) is 22.3 Å². The Morgan fingerprint density at radius 3 is 2.96 bits per heavy atom. The van der Waals surface area contributed by atoms with Crippen molar-refractivity contribution in [3.63, 3.8) is 0 Å². The fourth-order valence-electron chi connectivity index (χ4n) is 2.44. The summed E-state index contributed by atoms with van der Waals surface area (Å²) in [6, 6.07) is -0.559. The second-order valence-electron chi connectivity index (χ2n) is 6.50. The summed E-state index contributed by atoms with van der Waals surface area (Å²) in [6.07, 6.45) is 2.97. The zero-order chi connectivity index (χ0) is 17.5. The quantitative estimate of drug-likeness (QED) is 0.485. The van der Waals surface area contributed by atoms with E-state index in [-0.39, 0.29) is 11.3 Å². The zero-order valence-corrected chi connectivity index (χ0v) is 15.3. The average molecular weight is 369 g/mol. The molecular weight excluding hydrogens is 350 g/mol. The minimum Gasteiger partial charge on any atom is -0.455 e. The minimum atomic E-state index is -0.636. The lowest BCUT2D eigenvalue weighted by Gasteiger charge is -2.48. The first kappa shape index (κ1) is 17.4. The molecule has 0 radical (unpaired) electrons. The van der Waals surface area contributed by atoms with E-state index >= 15 is 0 Å². The third-order valence-corrected chi connectivity index (χ3v) is 5.82. The molecule has 2 atom stereocenters. The van der Waals surface area contributed by atoms with E-state index in [1.165, 1.54) is 23.1 Å². The second kappa shape index (κ2) is 6.45. The van der Waals surface area contributed by atoms with Gasteiger partial charge in [-0.3, -0.25) is 9.69 Å². The SMILES string of the molecule is CC(C)(C)OC(=O)C1=C(CSc2cnco2)CS[C@@H]2C(N)C(=O)N12. The first-order chi connectivity index (χ1) is 11.3. The van der Waals surface area contributed by atoms with Crippen LogP contribution in [0.25, 0.3) is 0 Å². The number of aromatic nitrogens is 1. The van der Waals surface area contributed by atoms with Crippen molar-refractivity contribution in [2.45, 2.75) is 42.9 Å². The number of oxazole rings is 1. The predicted octanol–water partition coefficient (Wildman–Crippen LogP) is 1.60. The molecule has 1 aromatic rings. The van der Waals surface area contributed by atoms with Gasteiger partial charge < -0.3 is 14.9 Å². The van der Waals surface area contributed by atoms with Gasteiger partial charge in [-0.2, -0.15) is 0 Å². The van der Waals surface area contributed by atoms with Crippen molar-refractivity contribution in [2.24, 2.45) is 5.73 Å². The Hall–Kier alpha value is -1.45. The number of carbonyl (C=O) groups excluding carboxylic acids is 2. The third-order valence-electron chi connectivity index (χ3n) is 3.48. The number of ether oxygens (including phenoxy) is 1. The van der Waals surface area contributed by atoms with Crippen molar-refractivity contribution in [1.29, 1.82) is 0 Å². The Morgan fingerprint density at radius 1 is 1.58 bits per heavy atom. The number of hydrogen-bond donors (Lipinski definition) is 1. The van der Waals surface area contributed by atoms with Crippen molar-refractivity contribution in [3.8, 4) is 0 Å². The monoisotopic (exact) mass is 369 g/mol. The van der Waals surface area contributed by atoms with Crippen LogP contribution in [0.2, 0.25) is 0 Å². The van der Waals surface area contributed by atoms with Crippen LogP contribution >= 0.6 is 23.5 Å². The summed E-state index contributed by atoms with van der Waals surface area (Å²) in [5.74, 6) is 0.414. The van der Waals surface area contributed by atoms with Crippen molar-refractivity contribution in [3.05, 3.63) is 23.9 Å². The number of fused-ring (bicyclic) bond motifs is 1. The van der Waals surface area contributed by atoms with Crippen LogP contribution in [0.4, 0.5) is 0 Å². The molecule has 2 N–H and O–H groups in total. The van der Waals surface area contributed by atoms with E-state index in [4.69, 9.17) is 14.9 Å². The number of thioether (sulfide) groups is 2. The molecule has 1 aromatic heterocycles. The normalized spacial score (nSPS) is 23.8. The van der Waals surface area contributed by atoms with Gasteiger partial charge in [0.25, 0.3) is 0 Å². The molecule has 24 heavy (non-hydrogen) atoms. The molecule has 1 amide bonds. The fraction of sp³-hybridized carbons (Fsp3) is 0.533. The number of carbonyl (C=O) groups is 2. The minimum absolute atomic E-state index is 0.195. The Balaban J connectivity index is 1.86. The Kier molecular flexibility index (Phi) is 4.67. The fourth-order valence-corrected chi connectivity index (χ4v) is 4.66. The van der Waals surface area contributed by atoms with Gasteiger partial charge in [0.15, 0.2) is 11.5 Å². The van der Waals surface area contributed by atoms with Gasteiger partial charge in [0.05, 0.1) is 6.20 Å². The first-order valence-corrected chi connectivity index (χ1v) is 9.48. The number of esters is 1. The van der Waals surface area contributed by atoms with Crippen LogP contribution in [0.5, 0.6) is 0 Å². The lowest BCUT2D eigenvalue weighted by atomic mass is 10.0. The summed E-state index contributed by atoms with van der Waals surface area (Å²) in [4.78, 5) is 30.2. The van der Waals surface area contributed by atoms with Crippen molar-refractivity contribution < 1.29 is 18.7 Å². The standard InChI is InChI=1S/C15H19N3O4S2/c1-15(2,3)22-14(20)11-8(5-23-9-4-17-7-21-9)6-24-13-10(16)12(19)18(11)13/h4,7,10,13H,5-6,16H2,1-3H3/t10?,13-/m1/s1. The van der Waals surface area contributed by atoms with Gasteiger partial charge in [-0.15, -0.1) is 11.8 Å². The van der Waals surface area contributed by atoms with Crippen LogP contribution in [0.1, 0.15) is 20.8 Å². The summed E-state index contributed by atoms with van der Waals surface area (Å²) >= 11 is 2.99. The molecule has 9 heteroatoms. The third kappa shape index (κ3) is 3.33. The van der Waals surface area contributed by atoms with E-state index in [2.05, 4.69) is 4.98 Å². The summed E-state index contributed by atoms with van der Waals surface area (Å²) in [6.45, 7) is 5.40. The maximum Gasteiger partial charge on any atom is 0.355 e. The first-order valence-electron chi connectivity index (χ1n) is 7.45. The Morgan fingerprint density at radius 2 is 2.33 bits per heavy atom. The topological polar surface area (TPSA) is 98.7 Å². The van der Waals surface area contributed by atoms with Crippen molar-refractivity contribution in [2.75, 3.05) is 11.5 Å². The van der Waals surface area contributed by atoms with Crippen LogP contribution in [0.15, 0.2) is 33.4 Å². The maximum atomic E-state index is 12.7. The van der Waals surface area contributed by atoms with Gasteiger partial charge in [0.1, 0.15) is 22.7 Å². The number of β-lactam (4-membered cyclic amide) rings is 1. The molecule has 2 aliphatic heterocycles. The number of nitrogens with two attached hydrogens (primary N) is 1.